The smallest absolute Gasteiger partial charge is 0.306 e. The second-order valence-corrected chi connectivity index (χ2v) is 8.40. The van der Waals surface area contributed by atoms with Crippen LogP contribution in [0.2, 0.25) is 0 Å². The highest BCUT2D eigenvalue weighted by molar-refractivity contribution is 5.81. The zero-order valence-electron chi connectivity index (χ0n) is 13.3. The molecule has 1 amide bonds. The summed E-state index contributed by atoms with van der Waals surface area (Å²) in [5.74, 6) is -0.389. The number of rotatable bonds is 3. The zero-order chi connectivity index (χ0) is 15.4. The highest BCUT2D eigenvalue weighted by Crippen LogP contribution is 2.62. The minimum atomic E-state index is -0.752. The molecule has 3 aliphatic rings. The predicted molar refractivity (Wildman–Crippen MR) is 79.6 cm³/mol. The molecular formula is C17H27NO3. The zero-order valence-corrected chi connectivity index (χ0v) is 13.3. The fourth-order valence-corrected chi connectivity index (χ4v) is 5.37. The van der Waals surface area contributed by atoms with E-state index in [0.29, 0.717) is 18.8 Å². The molecule has 2 N–H and O–H groups in total. The molecule has 3 saturated carbocycles. The SMILES string of the molecule is CC12CCC(C1)C(C)(C)C2NC(=O)C1CCC(C(=O)O)C1. The van der Waals surface area contributed by atoms with Crippen molar-refractivity contribution in [1.29, 1.82) is 0 Å². The minimum absolute atomic E-state index is 0.0885. The molecule has 0 spiro atoms. The molecule has 0 aromatic rings. The van der Waals surface area contributed by atoms with Crippen LogP contribution >= 0.6 is 0 Å². The Bertz CT molecular complexity index is 468. The first-order valence-corrected chi connectivity index (χ1v) is 8.27. The summed E-state index contributed by atoms with van der Waals surface area (Å²) in [7, 11) is 0. The second kappa shape index (κ2) is 4.72. The minimum Gasteiger partial charge on any atom is -0.481 e. The number of hydrogen-bond donors (Lipinski definition) is 2. The molecule has 5 atom stereocenters. The molecular weight excluding hydrogens is 266 g/mol. The van der Waals surface area contributed by atoms with E-state index in [2.05, 4.69) is 26.1 Å². The third-order valence-corrected chi connectivity index (χ3v) is 6.71. The van der Waals surface area contributed by atoms with Gasteiger partial charge >= 0.3 is 5.97 Å². The van der Waals surface area contributed by atoms with Crippen LogP contribution in [0.15, 0.2) is 0 Å². The summed E-state index contributed by atoms with van der Waals surface area (Å²) in [5, 5.41) is 12.4. The van der Waals surface area contributed by atoms with Crippen LogP contribution < -0.4 is 5.32 Å². The molecule has 0 radical (unpaired) electrons. The normalized spacial score (nSPS) is 44.0. The van der Waals surface area contributed by atoms with Gasteiger partial charge in [-0.25, -0.2) is 0 Å². The Hall–Kier alpha value is -1.06. The standard InChI is InChI=1S/C17H27NO3/c1-16(2)12-6-7-17(3,9-12)15(16)18-13(19)10-4-5-11(8-10)14(20)21/h10-12,15H,4-9H2,1-3H3,(H,18,19)(H,20,21). The van der Waals surface area contributed by atoms with Gasteiger partial charge in [-0.3, -0.25) is 9.59 Å². The van der Waals surface area contributed by atoms with Crippen molar-refractivity contribution in [1.82, 2.24) is 5.32 Å². The van der Waals surface area contributed by atoms with Gasteiger partial charge in [-0.1, -0.05) is 20.8 Å². The lowest BCUT2D eigenvalue weighted by Gasteiger charge is -2.43. The fourth-order valence-electron chi connectivity index (χ4n) is 5.37. The Morgan fingerprint density at radius 3 is 2.29 bits per heavy atom. The van der Waals surface area contributed by atoms with E-state index in [1.807, 2.05) is 0 Å². The third kappa shape index (κ3) is 2.27. The largest absolute Gasteiger partial charge is 0.481 e. The van der Waals surface area contributed by atoms with Crippen LogP contribution in [0.5, 0.6) is 0 Å². The van der Waals surface area contributed by atoms with Gasteiger partial charge in [-0.2, -0.15) is 0 Å². The lowest BCUT2D eigenvalue weighted by Crippen LogP contribution is -2.53. The first kappa shape index (κ1) is 14.9. The summed E-state index contributed by atoms with van der Waals surface area (Å²) in [6.07, 6.45) is 5.56. The molecule has 2 bridgehead atoms. The molecule has 4 nitrogen and oxygen atoms in total. The number of carboxylic acids is 1. The van der Waals surface area contributed by atoms with Crippen LogP contribution in [0.3, 0.4) is 0 Å². The van der Waals surface area contributed by atoms with Gasteiger partial charge in [0.2, 0.25) is 5.91 Å². The van der Waals surface area contributed by atoms with Gasteiger partial charge < -0.3 is 10.4 Å². The van der Waals surface area contributed by atoms with Crippen molar-refractivity contribution < 1.29 is 14.7 Å². The van der Waals surface area contributed by atoms with E-state index >= 15 is 0 Å². The fraction of sp³-hybridized carbons (Fsp3) is 0.882. The van der Waals surface area contributed by atoms with E-state index < -0.39 is 5.97 Å². The maximum Gasteiger partial charge on any atom is 0.306 e. The van der Waals surface area contributed by atoms with Gasteiger partial charge in [0.05, 0.1) is 5.92 Å². The maximum atomic E-state index is 12.6. The van der Waals surface area contributed by atoms with Gasteiger partial charge in [0, 0.05) is 12.0 Å². The van der Waals surface area contributed by atoms with Crippen molar-refractivity contribution in [2.45, 2.75) is 65.3 Å². The molecule has 4 heteroatoms. The second-order valence-electron chi connectivity index (χ2n) is 8.40. The van der Waals surface area contributed by atoms with Crippen molar-refractivity contribution in [3.05, 3.63) is 0 Å². The summed E-state index contributed by atoms with van der Waals surface area (Å²) in [6.45, 7) is 6.87. The maximum absolute atomic E-state index is 12.6. The summed E-state index contributed by atoms with van der Waals surface area (Å²) in [6, 6.07) is 0.236. The quantitative estimate of drug-likeness (QED) is 0.841. The number of aliphatic carboxylic acids is 1. The molecule has 3 fully saturated rings. The molecule has 118 valence electrons. The monoisotopic (exact) mass is 293 g/mol. The van der Waals surface area contributed by atoms with Crippen LogP contribution in [0.4, 0.5) is 0 Å². The van der Waals surface area contributed by atoms with Crippen LogP contribution in [-0.4, -0.2) is 23.0 Å². The summed E-state index contributed by atoms with van der Waals surface area (Å²) in [4.78, 5) is 23.6. The molecule has 0 heterocycles. The van der Waals surface area contributed by atoms with Gasteiger partial charge in [0.25, 0.3) is 0 Å². The number of nitrogens with one attached hydrogen (secondary N) is 1. The molecule has 5 unspecified atom stereocenters. The highest BCUT2D eigenvalue weighted by atomic mass is 16.4. The van der Waals surface area contributed by atoms with Crippen molar-refractivity contribution >= 4 is 11.9 Å². The van der Waals surface area contributed by atoms with E-state index in [9.17, 15) is 9.59 Å². The first-order chi connectivity index (χ1) is 9.74. The summed E-state index contributed by atoms with van der Waals surface area (Å²) >= 11 is 0. The van der Waals surface area contributed by atoms with Crippen molar-refractivity contribution in [2.75, 3.05) is 0 Å². The average molecular weight is 293 g/mol. The summed E-state index contributed by atoms with van der Waals surface area (Å²) < 4.78 is 0. The molecule has 0 aliphatic heterocycles. The third-order valence-electron chi connectivity index (χ3n) is 6.71. The first-order valence-electron chi connectivity index (χ1n) is 8.27. The van der Waals surface area contributed by atoms with Gasteiger partial charge in [-0.15, -0.1) is 0 Å². The molecule has 0 aromatic heterocycles. The van der Waals surface area contributed by atoms with E-state index in [1.165, 1.54) is 19.3 Å². The topological polar surface area (TPSA) is 66.4 Å². The molecule has 3 rings (SSSR count). The van der Waals surface area contributed by atoms with E-state index in [-0.39, 0.29) is 34.6 Å². The van der Waals surface area contributed by atoms with Crippen LogP contribution in [0.1, 0.15) is 59.3 Å². The number of hydrogen-bond acceptors (Lipinski definition) is 2. The highest BCUT2D eigenvalue weighted by Gasteiger charge is 2.59. The van der Waals surface area contributed by atoms with E-state index in [1.54, 1.807) is 0 Å². The van der Waals surface area contributed by atoms with Crippen molar-refractivity contribution in [3.63, 3.8) is 0 Å². The Morgan fingerprint density at radius 1 is 1.10 bits per heavy atom. The lowest BCUT2D eigenvalue weighted by molar-refractivity contribution is -0.141. The molecule has 3 aliphatic carbocycles. The number of carbonyl (C=O) groups excluding carboxylic acids is 1. The summed E-state index contributed by atoms with van der Waals surface area (Å²) in [5.41, 5.74) is 0.391. The van der Waals surface area contributed by atoms with E-state index in [0.717, 1.165) is 6.42 Å². The Morgan fingerprint density at radius 2 is 1.76 bits per heavy atom. The van der Waals surface area contributed by atoms with E-state index in [4.69, 9.17) is 5.11 Å². The molecule has 21 heavy (non-hydrogen) atoms. The average Bonchev–Trinajstić information content (AvgIpc) is 3.05. The number of carboxylic acid groups (broad SMARTS) is 1. The van der Waals surface area contributed by atoms with Gasteiger partial charge in [-0.05, 0) is 55.3 Å². The van der Waals surface area contributed by atoms with Gasteiger partial charge in [0.1, 0.15) is 0 Å². The lowest BCUT2D eigenvalue weighted by atomic mass is 9.68. The van der Waals surface area contributed by atoms with Crippen LogP contribution in [-0.2, 0) is 9.59 Å². The molecule has 0 saturated heterocycles. The Labute approximate surface area is 126 Å². The number of fused-ring (bicyclic) bond motifs is 2. The predicted octanol–water partition coefficient (Wildman–Crippen LogP) is 2.82. The van der Waals surface area contributed by atoms with Crippen LogP contribution in [0.25, 0.3) is 0 Å². The van der Waals surface area contributed by atoms with Crippen molar-refractivity contribution in [2.24, 2.45) is 28.6 Å². The van der Waals surface area contributed by atoms with Crippen molar-refractivity contribution in [3.8, 4) is 0 Å². The Kier molecular flexibility index (Phi) is 3.34. The Balaban J connectivity index is 1.67. The number of amides is 1. The number of carbonyl (C=O) groups is 2. The van der Waals surface area contributed by atoms with Crippen LogP contribution in [0, 0.1) is 28.6 Å². The molecule has 0 aromatic carbocycles. The van der Waals surface area contributed by atoms with Gasteiger partial charge in [0.15, 0.2) is 0 Å².